The van der Waals surface area contributed by atoms with Gasteiger partial charge in [-0.1, -0.05) is 58.0 Å². The van der Waals surface area contributed by atoms with Crippen LogP contribution in [0.15, 0.2) is 30.3 Å². The molecule has 1 aliphatic heterocycles. The molecule has 0 bridgehead atoms. The first-order valence-electron chi connectivity index (χ1n) is 10.7. The third kappa shape index (κ3) is 6.99. The van der Waals surface area contributed by atoms with E-state index in [4.69, 9.17) is 4.74 Å². The van der Waals surface area contributed by atoms with E-state index >= 15 is 0 Å². The second kappa shape index (κ2) is 10.8. The Morgan fingerprint density at radius 1 is 1.19 bits per heavy atom. The first-order valence-corrected chi connectivity index (χ1v) is 10.7. The lowest BCUT2D eigenvalue weighted by atomic mass is 9.98. The molecular weight excluding hydrogens is 396 g/mol. The van der Waals surface area contributed by atoms with Gasteiger partial charge in [-0.3, -0.25) is 9.59 Å². The number of nitrogens with zero attached hydrogens (tertiary/aromatic N) is 2. The van der Waals surface area contributed by atoms with Crippen molar-refractivity contribution in [2.75, 3.05) is 13.1 Å². The number of carbonyl (C=O) groups excluding carboxylic acids is 3. The van der Waals surface area contributed by atoms with Crippen molar-refractivity contribution >= 4 is 17.9 Å². The molecule has 1 aliphatic rings. The van der Waals surface area contributed by atoms with Crippen LogP contribution >= 0.6 is 0 Å². The molecule has 1 saturated heterocycles. The van der Waals surface area contributed by atoms with Crippen molar-refractivity contribution in [3.63, 3.8) is 0 Å². The van der Waals surface area contributed by atoms with Crippen molar-refractivity contribution in [3.05, 3.63) is 35.9 Å². The van der Waals surface area contributed by atoms with Crippen molar-refractivity contribution in [3.8, 4) is 6.07 Å². The van der Waals surface area contributed by atoms with Crippen molar-refractivity contribution in [2.24, 2.45) is 11.8 Å². The van der Waals surface area contributed by atoms with Gasteiger partial charge < -0.3 is 20.3 Å². The maximum Gasteiger partial charge on any atom is 0.408 e. The largest absolute Gasteiger partial charge is 0.436 e. The smallest absolute Gasteiger partial charge is 0.408 e. The van der Waals surface area contributed by atoms with Crippen LogP contribution in [0.4, 0.5) is 4.79 Å². The SMILES string of the molecule is CC(C)CC(OC(=O)NCc1ccccc1)C(=O)NC1(C#N)CCN(C(=O)C(C)C)C1. The summed E-state index contributed by atoms with van der Waals surface area (Å²) in [6.45, 7) is 8.25. The Hall–Kier alpha value is -3.08. The third-order valence-corrected chi connectivity index (χ3v) is 5.16. The van der Waals surface area contributed by atoms with Crippen LogP contribution in [-0.2, 0) is 20.9 Å². The van der Waals surface area contributed by atoms with E-state index in [9.17, 15) is 19.6 Å². The predicted octanol–water partition coefficient (Wildman–Crippen LogP) is 2.59. The number of nitrogens with one attached hydrogen (secondary N) is 2. The molecule has 1 fully saturated rings. The normalized spacial score (nSPS) is 19.1. The Kier molecular flexibility index (Phi) is 8.43. The molecule has 8 nitrogen and oxygen atoms in total. The van der Waals surface area contributed by atoms with Gasteiger partial charge in [-0.15, -0.1) is 0 Å². The highest BCUT2D eigenvalue weighted by molar-refractivity contribution is 5.85. The minimum Gasteiger partial charge on any atom is -0.436 e. The van der Waals surface area contributed by atoms with Gasteiger partial charge in [0.25, 0.3) is 5.91 Å². The van der Waals surface area contributed by atoms with E-state index < -0.39 is 23.6 Å². The molecule has 168 valence electrons. The molecule has 2 atom stereocenters. The van der Waals surface area contributed by atoms with E-state index in [1.165, 1.54) is 0 Å². The zero-order chi connectivity index (χ0) is 23.0. The van der Waals surface area contributed by atoms with Crippen LogP contribution in [0.25, 0.3) is 0 Å². The van der Waals surface area contributed by atoms with Gasteiger partial charge in [-0.2, -0.15) is 5.26 Å². The zero-order valence-electron chi connectivity index (χ0n) is 18.7. The van der Waals surface area contributed by atoms with Crippen LogP contribution in [0.5, 0.6) is 0 Å². The summed E-state index contributed by atoms with van der Waals surface area (Å²) in [4.78, 5) is 39.1. The lowest BCUT2D eigenvalue weighted by molar-refractivity contribution is -0.135. The van der Waals surface area contributed by atoms with Crippen molar-refractivity contribution in [2.45, 2.75) is 58.7 Å². The number of alkyl carbamates (subject to hydrolysis) is 1. The predicted molar refractivity (Wildman–Crippen MR) is 116 cm³/mol. The fraction of sp³-hybridized carbons (Fsp3) is 0.565. The molecular formula is C23H32N4O4. The summed E-state index contributed by atoms with van der Waals surface area (Å²) >= 11 is 0. The van der Waals surface area contributed by atoms with Gasteiger partial charge in [0.2, 0.25) is 5.91 Å². The van der Waals surface area contributed by atoms with E-state index in [0.717, 1.165) is 5.56 Å². The van der Waals surface area contributed by atoms with Gasteiger partial charge >= 0.3 is 6.09 Å². The molecule has 31 heavy (non-hydrogen) atoms. The number of hydrogen-bond donors (Lipinski definition) is 2. The topological polar surface area (TPSA) is 112 Å². The maximum atomic E-state index is 12.9. The first-order chi connectivity index (χ1) is 14.7. The van der Waals surface area contributed by atoms with E-state index in [-0.39, 0.29) is 30.8 Å². The van der Waals surface area contributed by atoms with Crippen molar-refractivity contribution in [1.29, 1.82) is 5.26 Å². The van der Waals surface area contributed by atoms with E-state index in [0.29, 0.717) is 19.4 Å². The van der Waals surface area contributed by atoms with Crippen LogP contribution in [0, 0.1) is 23.2 Å². The minimum atomic E-state index is -1.18. The van der Waals surface area contributed by atoms with Gasteiger partial charge in [0.15, 0.2) is 6.10 Å². The molecule has 2 unspecified atom stereocenters. The maximum absolute atomic E-state index is 12.9. The molecule has 0 spiro atoms. The monoisotopic (exact) mass is 428 g/mol. The highest BCUT2D eigenvalue weighted by Crippen LogP contribution is 2.23. The molecule has 8 heteroatoms. The summed E-state index contributed by atoms with van der Waals surface area (Å²) in [6.07, 6.45) is -1.07. The van der Waals surface area contributed by atoms with Crippen LogP contribution in [0.2, 0.25) is 0 Å². The second-order valence-corrected chi connectivity index (χ2v) is 8.71. The van der Waals surface area contributed by atoms with Gasteiger partial charge in [0, 0.05) is 25.4 Å². The lowest BCUT2D eigenvalue weighted by Gasteiger charge is -2.27. The summed E-state index contributed by atoms with van der Waals surface area (Å²) in [5, 5.41) is 15.1. The molecule has 0 aromatic heterocycles. The van der Waals surface area contributed by atoms with Gasteiger partial charge in [-0.05, 0) is 17.9 Å². The van der Waals surface area contributed by atoms with Crippen LogP contribution in [-0.4, -0.2) is 47.5 Å². The van der Waals surface area contributed by atoms with E-state index in [1.807, 2.05) is 44.2 Å². The Bertz CT molecular complexity index is 819. The number of ether oxygens (including phenoxy) is 1. The molecule has 3 amide bonds. The molecule has 0 radical (unpaired) electrons. The average Bonchev–Trinajstić information content (AvgIpc) is 3.16. The molecule has 2 N–H and O–H groups in total. The number of likely N-dealkylation sites (tertiary alicyclic amines) is 1. The second-order valence-electron chi connectivity index (χ2n) is 8.71. The Morgan fingerprint density at radius 3 is 2.45 bits per heavy atom. The summed E-state index contributed by atoms with van der Waals surface area (Å²) in [5.41, 5.74) is -0.269. The molecule has 1 aromatic carbocycles. The Morgan fingerprint density at radius 2 is 1.87 bits per heavy atom. The molecule has 0 saturated carbocycles. The quantitative estimate of drug-likeness (QED) is 0.661. The number of benzene rings is 1. The van der Waals surface area contributed by atoms with Gasteiger partial charge in [-0.25, -0.2) is 4.79 Å². The third-order valence-electron chi connectivity index (χ3n) is 5.16. The summed E-state index contributed by atoms with van der Waals surface area (Å²) in [7, 11) is 0. The fourth-order valence-electron chi connectivity index (χ4n) is 3.48. The molecule has 0 aliphatic carbocycles. The number of nitriles is 1. The molecule has 1 aromatic rings. The minimum absolute atomic E-state index is 0.0540. The number of amides is 3. The molecule has 2 rings (SSSR count). The number of rotatable bonds is 8. The molecule has 1 heterocycles. The standard InChI is InChI=1S/C23H32N4O4/c1-16(2)12-19(31-22(30)25-13-18-8-6-5-7-9-18)20(28)26-23(14-24)10-11-27(15-23)21(29)17(3)4/h5-9,16-17,19H,10-13,15H2,1-4H3,(H,25,30)(H,26,28). The van der Waals surface area contributed by atoms with Crippen molar-refractivity contribution < 1.29 is 19.1 Å². The fourth-order valence-corrected chi connectivity index (χ4v) is 3.48. The van der Waals surface area contributed by atoms with Gasteiger partial charge in [0.1, 0.15) is 5.54 Å². The van der Waals surface area contributed by atoms with Crippen LogP contribution < -0.4 is 10.6 Å². The summed E-state index contributed by atoms with van der Waals surface area (Å²) < 4.78 is 5.41. The number of carbonyl (C=O) groups is 3. The highest BCUT2D eigenvalue weighted by atomic mass is 16.6. The summed E-state index contributed by atoms with van der Waals surface area (Å²) in [5.74, 6) is -0.667. The van der Waals surface area contributed by atoms with E-state index in [2.05, 4.69) is 16.7 Å². The lowest BCUT2D eigenvalue weighted by Crippen LogP contribution is -2.54. The van der Waals surface area contributed by atoms with Gasteiger partial charge in [0.05, 0.1) is 12.6 Å². The number of hydrogen-bond acceptors (Lipinski definition) is 5. The van der Waals surface area contributed by atoms with Crippen LogP contribution in [0.3, 0.4) is 0 Å². The zero-order valence-corrected chi connectivity index (χ0v) is 18.7. The van der Waals surface area contributed by atoms with E-state index in [1.54, 1.807) is 18.7 Å². The first kappa shape index (κ1) is 24.2. The highest BCUT2D eigenvalue weighted by Gasteiger charge is 2.43. The summed E-state index contributed by atoms with van der Waals surface area (Å²) in [6, 6.07) is 11.5. The Balaban J connectivity index is 2.00. The van der Waals surface area contributed by atoms with Crippen LogP contribution in [0.1, 0.15) is 46.1 Å². The average molecular weight is 429 g/mol. The Labute approximate surface area is 183 Å². The van der Waals surface area contributed by atoms with Crippen molar-refractivity contribution in [1.82, 2.24) is 15.5 Å².